The quantitative estimate of drug-likeness (QED) is 0.419. The van der Waals surface area contributed by atoms with E-state index in [1.165, 1.54) is 17.1 Å². The number of amides is 1. The molecule has 0 spiro atoms. The number of carbonyl (C=O) groups excluding carboxylic acids is 1. The van der Waals surface area contributed by atoms with Crippen molar-refractivity contribution >= 4 is 46.1 Å². The molecule has 0 aliphatic carbocycles. The number of halogens is 1. The molecule has 162 valence electrons. The third-order valence-electron chi connectivity index (χ3n) is 4.71. The Hall–Kier alpha value is -4.57. The number of nitrogens with zero attached hydrogens (tertiary/aromatic N) is 6. The number of fused-ring (bicyclic) bond motifs is 1. The van der Waals surface area contributed by atoms with Crippen molar-refractivity contribution in [1.29, 1.82) is 0 Å². The van der Waals surface area contributed by atoms with Gasteiger partial charge in [-0.05, 0) is 48.5 Å². The maximum absolute atomic E-state index is 13.3. The summed E-state index contributed by atoms with van der Waals surface area (Å²) in [4.78, 5) is 34.9. The van der Waals surface area contributed by atoms with Crippen LogP contribution >= 0.6 is 11.6 Å². The summed E-state index contributed by atoms with van der Waals surface area (Å²) in [5.74, 6) is 0.00256. The molecular weight excluding hydrogens is 444 g/mol. The standard InChI is InChI=1S/C22H15ClN8O2/c23-14-6-8-17(9-7-14)31-19-18(28-29-31)20(32)30(22(33)26-16-10-12-24-13-11-16)21(27-19)25-15-4-2-1-3-5-15/h1-13H,(H,25,27)(H,24,26,33). The maximum Gasteiger partial charge on any atom is 0.335 e. The number of carbonyl (C=O) groups is 1. The second-order valence-corrected chi connectivity index (χ2v) is 7.32. The molecule has 0 saturated carbocycles. The van der Waals surface area contributed by atoms with Crippen LogP contribution in [0.5, 0.6) is 0 Å². The SMILES string of the molecule is O=C(Nc1ccncc1)n1c(Nc2ccccc2)nc2c(nnn2-c2ccc(Cl)cc2)c1=O. The molecule has 0 aliphatic rings. The second kappa shape index (κ2) is 8.52. The molecule has 5 rings (SSSR count). The van der Waals surface area contributed by atoms with Gasteiger partial charge in [-0.25, -0.2) is 4.79 Å². The summed E-state index contributed by atoms with van der Waals surface area (Å²) >= 11 is 5.98. The highest BCUT2D eigenvalue weighted by Gasteiger charge is 2.22. The maximum atomic E-state index is 13.3. The molecule has 0 bridgehead atoms. The van der Waals surface area contributed by atoms with Crippen molar-refractivity contribution in [2.75, 3.05) is 10.6 Å². The van der Waals surface area contributed by atoms with Gasteiger partial charge in [-0.2, -0.15) is 14.2 Å². The average molecular weight is 459 g/mol. The highest BCUT2D eigenvalue weighted by atomic mass is 35.5. The van der Waals surface area contributed by atoms with Gasteiger partial charge in [0.15, 0.2) is 11.2 Å². The van der Waals surface area contributed by atoms with E-state index in [-0.39, 0.29) is 17.1 Å². The predicted octanol–water partition coefficient (Wildman–Crippen LogP) is 3.85. The normalized spacial score (nSPS) is 10.8. The Kier molecular flexibility index (Phi) is 5.25. The molecule has 0 fully saturated rings. The Morgan fingerprint density at radius 2 is 1.64 bits per heavy atom. The topological polar surface area (TPSA) is 120 Å². The van der Waals surface area contributed by atoms with Crippen LogP contribution in [0.1, 0.15) is 0 Å². The summed E-state index contributed by atoms with van der Waals surface area (Å²) in [5.41, 5.74) is 1.17. The molecule has 5 aromatic rings. The molecule has 1 amide bonds. The molecule has 3 aromatic heterocycles. The molecular formula is C22H15ClN8O2. The van der Waals surface area contributed by atoms with Crippen molar-refractivity contribution in [3.8, 4) is 5.69 Å². The van der Waals surface area contributed by atoms with Crippen LogP contribution in [0.2, 0.25) is 5.02 Å². The van der Waals surface area contributed by atoms with Gasteiger partial charge < -0.3 is 10.6 Å². The van der Waals surface area contributed by atoms with Crippen LogP contribution in [0.4, 0.5) is 22.1 Å². The lowest BCUT2D eigenvalue weighted by Crippen LogP contribution is -2.33. The molecule has 0 atom stereocenters. The van der Waals surface area contributed by atoms with Crippen molar-refractivity contribution in [2.45, 2.75) is 0 Å². The van der Waals surface area contributed by atoms with E-state index >= 15 is 0 Å². The number of anilines is 3. The van der Waals surface area contributed by atoms with Crippen LogP contribution in [0.15, 0.2) is 83.9 Å². The smallest absolute Gasteiger partial charge is 0.325 e. The Morgan fingerprint density at radius 3 is 2.36 bits per heavy atom. The predicted molar refractivity (Wildman–Crippen MR) is 124 cm³/mol. The average Bonchev–Trinajstić information content (AvgIpc) is 3.25. The van der Waals surface area contributed by atoms with Crippen LogP contribution in [0.25, 0.3) is 16.9 Å². The van der Waals surface area contributed by atoms with Gasteiger partial charge in [0.05, 0.1) is 5.69 Å². The number of hydrogen-bond acceptors (Lipinski definition) is 7. The van der Waals surface area contributed by atoms with E-state index in [1.807, 2.05) is 18.2 Å². The summed E-state index contributed by atoms with van der Waals surface area (Å²) in [6.07, 6.45) is 3.06. The van der Waals surface area contributed by atoms with Gasteiger partial charge in [0.2, 0.25) is 5.95 Å². The molecule has 11 heteroatoms. The van der Waals surface area contributed by atoms with Gasteiger partial charge in [0.1, 0.15) is 0 Å². The van der Waals surface area contributed by atoms with E-state index in [4.69, 9.17) is 11.6 Å². The molecule has 0 aliphatic heterocycles. The number of nitrogens with one attached hydrogen (secondary N) is 2. The van der Waals surface area contributed by atoms with Crippen molar-refractivity contribution in [2.24, 2.45) is 0 Å². The third-order valence-corrected chi connectivity index (χ3v) is 4.96. The first-order valence-corrected chi connectivity index (χ1v) is 10.2. The number of aromatic nitrogens is 6. The van der Waals surface area contributed by atoms with Crippen LogP contribution < -0.4 is 16.2 Å². The van der Waals surface area contributed by atoms with E-state index in [2.05, 4.69) is 30.9 Å². The lowest BCUT2D eigenvalue weighted by molar-refractivity contribution is 0.253. The first-order chi connectivity index (χ1) is 16.1. The molecule has 2 N–H and O–H groups in total. The zero-order valence-electron chi connectivity index (χ0n) is 16.9. The fourth-order valence-corrected chi connectivity index (χ4v) is 3.29. The minimum absolute atomic E-state index is 0.00256. The first-order valence-electron chi connectivity index (χ1n) is 9.78. The van der Waals surface area contributed by atoms with E-state index in [0.717, 1.165) is 4.57 Å². The summed E-state index contributed by atoms with van der Waals surface area (Å²) < 4.78 is 2.30. The van der Waals surface area contributed by atoms with Gasteiger partial charge >= 0.3 is 6.03 Å². The van der Waals surface area contributed by atoms with Crippen LogP contribution in [-0.4, -0.2) is 35.6 Å². The van der Waals surface area contributed by atoms with Crippen LogP contribution in [-0.2, 0) is 0 Å². The molecule has 2 aromatic carbocycles. The number of para-hydroxylation sites is 1. The third kappa shape index (κ3) is 4.02. The van der Waals surface area contributed by atoms with E-state index in [0.29, 0.717) is 22.1 Å². The van der Waals surface area contributed by atoms with Crippen molar-refractivity contribution in [3.05, 3.63) is 94.5 Å². The molecule has 3 heterocycles. The zero-order valence-corrected chi connectivity index (χ0v) is 17.6. The van der Waals surface area contributed by atoms with Crippen LogP contribution in [0.3, 0.4) is 0 Å². The molecule has 0 radical (unpaired) electrons. The summed E-state index contributed by atoms with van der Waals surface area (Å²) in [6, 6.07) is 18.4. The fraction of sp³-hybridized carbons (Fsp3) is 0. The highest BCUT2D eigenvalue weighted by molar-refractivity contribution is 6.30. The molecule has 0 unspecified atom stereocenters. The first kappa shape index (κ1) is 20.3. The second-order valence-electron chi connectivity index (χ2n) is 6.88. The van der Waals surface area contributed by atoms with E-state index < -0.39 is 11.6 Å². The zero-order chi connectivity index (χ0) is 22.8. The van der Waals surface area contributed by atoms with Crippen molar-refractivity contribution in [3.63, 3.8) is 0 Å². The largest absolute Gasteiger partial charge is 0.335 e. The number of hydrogen-bond donors (Lipinski definition) is 2. The Balaban J connectivity index is 1.67. The number of pyridine rings is 1. The minimum Gasteiger partial charge on any atom is -0.325 e. The Bertz CT molecular complexity index is 1500. The van der Waals surface area contributed by atoms with Gasteiger partial charge in [0.25, 0.3) is 5.56 Å². The van der Waals surface area contributed by atoms with Crippen LogP contribution in [0, 0.1) is 0 Å². The van der Waals surface area contributed by atoms with Crippen molar-refractivity contribution < 1.29 is 4.79 Å². The summed E-state index contributed by atoms with van der Waals surface area (Å²) in [7, 11) is 0. The summed E-state index contributed by atoms with van der Waals surface area (Å²) in [5, 5.41) is 14.3. The number of benzene rings is 2. The Morgan fingerprint density at radius 1 is 0.909 bits per heavy atom. The molecule has 0 saturated heterocycles. The van der Waals surface area contributed by atoms with Crippen molar-refractivity contribution in [1.82, 2.24) is 29.5 Å². The van der Waals surface area contributed by atoms with Gasteiger partial charge in [0, 0.05) is 28.8 Å². The van der Waals surface area contributed by atoms with Gasteiger partial charge in [-0.1, -0.05) is 35.0 Å². The lowest BCUT2D eigenvalue weighted by atomic mass is 10.3. The Labute approximate surface area is 191 Å². The lowest BCUT2D eigenvalue weighted by Gasteiger charge is -2.13. The van der Waals surface area contributed by atoms with Gasteiger partial charge in [-0.3, -0.25) is 9.78 Å². The van der Waals surface area contributed by atoms with E-state index in [1.54, 1.807) is 48.5 Å². The van der Waals surface area contributed by atoms with E-state index in [9.17, 15) is 9.59 Å². The fourth-order valence-electron chi connectivity index (χ4n) is 3.16. The monoisotopic (exact) mass is 458 g/mol. The van der Waals surface area contributed by atoms with Gasteiger partial charge in [-0.15, -0.1) is 5.10 Å². The molecule has 33 heavy (non-hydrogen) atoms. The highest BCUT2D eigenvalue weighted by Crippen LogP contribution is 2.19. The summed E-state index contributed by atoms with van der Waals surface area (Å²) in [6.45, 7) is 0. The number of rotatable bonds is 4. The minimum atomic E-state index is -0.708. The molecule has 10 nitrogen and oxygen atoms in total.